The molecule has 1 unspecified atom stereocenters. The van der Waals surface area contributed by atoms with Crippen LogP contribution in [0.15, 0.2) is 54.6 Å². The summed E-state index contributed by atoms with van der Waals surface area (Å²) in [5, 5.41) is 0.610. The highest BCUT2D eigenvalue weighted by Gasteiger charge is 2.13. The summed E-state index contributed by atoms with van der Waals surface area (Å²) in [7, 11) is 0. The SMILES string of the molecule is Cc1cc(C(C)Oc2ccc(C(=O)Cl)cc2)c2ccccc2n1. The number of para-hydroxylation sites is 1. The van der Waals surface area contributed by atoms with E-state index in [0.29, 0.717) is 11.3 Å². The van der Waals surface area contributed by atoms with Gasteiger partial charge in [-0.3, -0.25) is 9.78 Å². The van der Waals surface area contributed by atoms with Crippen LogP contribution in [-0.2, 0) is 0 Å². The molecule has 0 amide bonds. The summed E-state index contributed by atoms with van der Waals surface area (Å²) in [6, 6.07) is 16.9. The van der Waals surface area contributed by atoms with Crippen LogP contribution in [0.25, 0.3) is 10.9 Å². The molecular formula is C19H16ClNO2. The van der Waals surface area contributed by atoms with Crippen molar-refractivity contribution < 1.29 is 9.53 Å². The molecule has 3 aromatic rings. The van der Waals surface area contributed by atoms with E-state index in [2.05, 4.69) is 4.98 Å². The molecule has 0 saturated carbocycles. The number of pyridine rings is 1. The summed E-state index contributed by atoms with van der Waals surface area (Å²) < 4.78 is 6.02. The van der Waals surface area contributed by atoms with Gasteiger partial charge in [0, 0.05) is 22.2 Å². The van der Waals surface area contributed by atoms with E-state index in [1.54, 1.807) is 24.3 Å². The molecule has 3 rings (SSSR count). The Balaban J connectivity index is 1.91. The highest BCUT2D eigenvalue weighted by molar-refractivity contribution is 6.67. The predicted molar refractivity (Wildman–Crippen MR) is 92.1 cm³/mol. The van der Waals surface area contributed by atoms with Gasteiger partial charge < -0.3 is 4.74 Å². The molecule has 0 fully saturated rings. The molecule has 3 nitrogen and oxygen atoms in total. The van der Waals surface area contributed by atoms with Gasteiger partial charge in [-0.15, -0.1) is 0 Å². The lowest BCUT2D eigenvalue weighted by Crippen LogP contribution is -2.05. The monoisotopic (exact) mass is 325 g/mol. The maximum atomic E-state index is 11.1. The number of hydrogen-bond acceptors (Lipinski definition) is 3. The third-order valence-electron chi connectivity index (χ3n) is 3.71. The van der Waals surface area contributed by atoms with Crippen LogP contribution in [0.2, 0.25) is 0 Å². The topological polar surface area (TPSA) is 39.2 Å². The van der Waals surface area contributed by atoms with Crippen LogP contribution >= 0.6 is 11.6 Å². The van der Waals surface area contributed by atoms with Gasteiger partial charge in [-0.25, -0.2) is 0 Å². The van der Waals surface area contributed by atoms with Gasteiger partial charge in [0.15, 0.2) is 0 Å². The van der Waals surface area contributed by atoms with Crippen molar-refractivity contribution in [3.8, 4) is 5.75 Å². The largest absolute Gasteiger partial charge is 0.486 e. The second-order valence-corrected chi connectivity index (χ2v) is 5.77. The van der Waals surface area contributed by atoms with Crippen molar-refractivity contribution in [1.82, 2.24) is 4.98 Å². The van der Waals surface area contributed by atoms with Gasteiger partial charge in [0.2, 0.25) is 0 Å². The first-order valence-corrected chi connectivity index (χ1v) is 7.75. The molecule has 0 aliphatic rings. The molecule has 1 heterocycles. The quantitative estimate of drug-likeness (QED) is 0.629. The molecule has 0 bridgehead atoms. The van der Waals surface area contributed by atoms with E-state index in [-0.39, 0.29) is 6.10 Å². The van der Waals surface area contributed by atoms with Crippen molar-refractivity contribution in [3.05, 3.63) is 71.4 Å². The molecule has 0 aliphatic heterocycles. The van der Waals surface area contributed by atoms with Crippen LogP contribution in [0.3, 0.4) is 0 Å². The van der Waals surface area contributed by atoms with Gasteiger partial charge >= 0.3 is 0 Å². The number of nitrogens with zero attached hydrogens (tertiary/aromatic N) is 1. The van der Waals surface area contributed by atoms with Crippen molar-refractivity contribution in [3.63, 3.8) is 0 Å². The first-order chi connectivity index (χ1) is 11.0. The normalized spacial score (nSPS) is 12.1. The van der Waals surface area contributed by atoms with Gasteiger partial charge in [0.1, 0.15) is 11.9 Å². The molecule has 23 heavy (non-hydrogen) atoms. The van der Waals surface area contributed by atoms with E-state index in [4.69, 9.17) is 16.3 Å². The predicted octanol–water partition coefficient (Wildman–Crippen LogP) is 5.06. The Labute approximate surface area is 139 Å². The molecule has 116 valence electrons. The van der Waals surface area contributed by atoms with Crippen LogP contribution in [0, 0.1) is 6.92 Å². The minimum Gasteiger partial charge on any atom is -0.486 e. The third kappa shape index (κ3) is 3.35. The van der Waals surface area contributed by atoms with E-state index in [1.807, 2.05) is 44.2 Å². The average Bonchev–Trinajstić information content (AvgIpc) is 2.54. The summed E-state index contributed by atoms with van der Waals surface area (Å²) >= 11 is 5.45. The van der Waals surface area contributed by atoms with E-state index in [9.17, 15) is 4.79 Å². The molecule has 2 aromatic carbocycles. The van der Waals surface area contributed by atoms with Crippen LogP contribution in [0.5, 0.6) is 5.75 Å². The van der Waals surface area contributed by atoms with Gasteiger partial charge in [0.05, 0.1) is 5.52 Å². The number of ether oxygens (including phenoxy) is 1. The van der Waals surface area contributed by atoms with Gasteiger partial charge in [0.25, 0.3) is 5.24 Å². The van der Waals surface area contributed by atoms with Crippen molar-refractivity contribution in [2.45, 2.75) is 20.0 Å². The molecule has 0 N–H and O–H groups in total. The van der Waals surface area contributed by atoms with Crippen LogP contribution in [0.4, 0.5) is 0 Å². The number of aryl methyl sites for hydroxylation is 1. The number of carbonyl (C=O) groups excluding carboxylic acids is 1. The number of halogens is 1. The van der Waals surface area contributed by atoms with Gasteiger partial charge in [-0.05, 0) is 61.8 Å². The zero-order valence-electron chi connectivity index (χ0n) is 12.9. The Kier molecular flexibility index (Phi) is 4.30. The van der Waals surface area contributed by atoms with Crippen LogP contribution in [-0.4, -0.2) is 10.2 Å². The summed E-state index contributed by atoms with van der Waals surface area (Å²) in [6.45, 7) is 3.98. The van der Waals surface area contributed by atoms with Crippen LogP contribution < -0.4 is 4.74 Å². The molecule has 4 heteroatoms. The van der Waals surface area contributed by atoms with Crippen LogP contribution in [0.1, 0.15) is 34.6 Å². The van der Waals surface area contributed by atoms with Gasteiger partial charge in [-0.2, -0.15) is 0 Å². The fraction of sp³-hybridized carbons (Fsp3) is 0.158. The second-order valence-electron chi connectivity index (χ2n) is 5.43. The van der Waals surface area contributed by atoms with Crippen molar-refractivity contribution in [1.29, 1.82) is 0 Å². The Morgan fingerprint density at radius 3 is 2.52 bits per heavy atom. The molecule has 0 saturated heterocycles. The van der Waals surface area contributed by atoms with E-state index < -0.39 is 5.24 Å². The minimum atomic E-state index is -0.472. The fourth-order valence-corrected chi connectivity index (χ4v) is 2.73. The number of benzene rings is 2. The summed E-state index contributed by atoms with van der Waals surface area (Å²) in [5.74, 6) is 0.692. The Bertz CT molecular complexity index is 859. The molecule has 1 aromatic heterocycles. The number of rotatable bonds is 4. The number of aromatic nitrogens is 1. The number of carbonyl (C=O) groups is 1. The lowest BCUT2D eigenvalue weighted by atomic mass is 10.0. The first kappa shape index (κ1) is 15.5. The molecule has 0 radical (unpaired) electrons. The average molecular weight is 326 g/mol. The zero-order valence-corrected chi connectivity index (χ0v) is 13.7. The number of fused-ring (bicyclic) bond motifs is 1. The first-order valence-electron chi connectivity index (χ1n) is 7.37. The van der Waals surface area contributed by atoms with E-state index in [1.165, 1.54) is 0 Å². The Morgan fingerprint density at radius 1 is 1.13 bits per heavy atom. The fourth-order valence-electron chi connectivity index (χ4n) is 2.61. The molecular weight excluding hydrogens is 310 g/mol. The molecule has 0 aliphatic carbocycles. The third-order valence-corrected chi connectivity index (χ3v) is 3.93. The minimum absolute atomic E-state index is 0.140. The summed E-state index contributed by atoms with van der Waals surface area (Å²) in [4.78, 5) is 15.7. The summed E-state index contributed by atoms with van der Waals surface area (Å²) in [5.41, 5.74) is 3.46. The Hall–Kier alpha value is -2.39. The van der Waals surface area contributed by atoms with Gasteiger partial charge in [-0.1, -0.05) is 18.2 Å². The van der Waals surface area contributed by atoms with Crippen molar-refractivity contribution in [2.75, 3.05) is 0 Å². The van der Waals surface area contributed by atoms with Crippen molar-refractivity contribution >= 4 is 27.7 Å². The molecule has 0 spiro atoms. The highest BCUT2D eigenvalue weighted by Crippen LogP contribution is 2.28. The highest BCUT2D eigenvalue weighted by atomic mass is 35.5. The molecule has 1 atom stereocenters. The summed E-state index contributed by atoms with van der Waals surface area (Å²) in [6.07, 6.45) is -0.140. The lowest BCUT2D eigenvalue weighted by molar-refractivity contribution is 0.108. The smallest absolute Gasteiger partial charge is 0.252 e. The van der Waals surface area contributed by atoms with Crippen molar-refractivity contribution in [2.24, 2.45) is 0 Å². The zero-order chi connectivity index (χ0) is 16.4. The van der Waals surface area contributed by atoms with E-state index in [0.717, 1.165) is 22.2 Å². The Morgan fingerprint density at radius 2 is 1.83 bits per heavy atom. The maximum Gasteiger partial charge on any atom is 0.252 e. The second kappa shape index (κ2) is 6.39. The number of hydrogen-bond donors (Lipinski definition) is 0. The standard InChI is InChI=1S/C19H16ClNO2/c1-12-11-17(16-5-3-4-6-18(16)21-12)13(2)23-15-9-7-14(8-10-15)19(20)22/h3-11,13H,1-2H3. The maximum absolute atomic E-state index is 11.1. The lowest BCUT2D eigenvalue weighted by Gasteiger charge is -2.17. The van der Waals surface area contributed by atoms with E-state index >= 15 is 0 Å².